The normalized spacial score (nSPS) is 11.6. The Morgan fingerprint density at radius 2 is 1.66 bits per heavy atom. The van der Waals surface area contributed by atoms with Crippen molar-refractivity contribution in [3.8, 4) is 10.4 Å². The van der Waals surface area contributed by atoms with Gasteiger partial charge in [0.15, 0.2) is 0 Å². The van der Waals surface area contributed by atoms with Crippen molar-refractivity contribution < 1.29 is 17.6 Å². The second-order valence-corrected chi connectivity index (χ2v) is 11.3. The molecular weight excluding hydrogens is 507 g/mol. The van der Waals surface area contributed by atoms with Crippen LogP contribution in [-0.2, 0) is 16.6 Å². The number of benzene rings is 3. The zero-order valence-electron chi connectivity index (χ0n) is 18.1. The molecule has 35 heavy (non-hydrogen) atoms. The number of thiophene rings is 1. The number of hydrogen-bond acceptors (Lipinski definition) is 4. The summed E-state index contributed by atoms with van der Waals surface area (Å²) in [6.07, 6.45) is 1.60. The molecule has 0 unspecified atom stereocenters. The first kappa shape index (κ1) is 23.3. The first-order chi connectivity index (χ1) is 16.8. The highest BCUT2D eigenvalue weighted by Gasteiger charge is 2.22. The molecule has 0 radical (unpaired) electrons. The molecule has 3 aromatic carbocycles. The van der Waals surface area contributed by atoms with E-state index in [4.69, 9.17) is 11.6 Å². The van der Waals surface area contributed by atoms with Gasteiger partial charge >= 0.3 is 0 Å². The number of rotatable bonds is 6. The van der Waals surface area contributed by atoms with Gasteiger partial charge in [-0.15, -0.1) is 11.3 Å². The van der Waals surface area contributed by atoms with E-state index >= 15 is 0 Å². The topological polar surface area (TPSA) is 68.2 Å². The van der Waals surface area contributed by atoms with Gasteiger partial charge in [0, 0.05) is 34.1 Å². The van der Waals surface area contributed by atoms with E-state index < -0.39 is 10.0 Å². The maximum Gasteiger partial charge on any atom is 0.268 e. The Kier molecular flexibility index (Phi) is 6.19. The van der Waals surface area contributed by atoms with E-state index in [9.17, 15) is 17.6 Å². The fourth-order valence-corrected chi connectivity index (χ4v) is 6.22. The fraction of sp³-hybridized carbons (Fsp3) is 0.0385. The number of carbonyl (C=O) groups is 1. The van der Waals surface area contributed by atoms with Gasteiger partial charge in [-0.05, 0) is 60.2 Å². The molecule has 5 aromatic rings. The van der Waals surface area contributed by atoms with Crippen molar-refractivity contribution in [2.24, 2.45) is 0 Å². The summed E-state index contributed by atoms with van der Waals surface area (Å²) in [4.78, 5) is 13.4. The summed E-state index contributed by atoms with van der Waals surface area (Å²) in [6.45, 7) is 0.226. The average Bonchev–Trinajstić information content (AvgIpc) is 3.47. The minimum absolute atomic E-state index is 0.0594. The second-order valence-electron chi connectivity index (χ2n) is 7.80. The van der Waals surface area contributed by atoms with Crippen LogP contribution in [0, 0.1) is 5.82 Å². The molecule has 0 aliphatic carbocycles. The van der Waals surface area contributed by atoms with Gasteiger partial charge in [0.2, 0.25) is 0 Å². The number of carbonyl (C=O) groups excluding carboxylic acids is 1. The number of para-hydroxylation sites is 1. The van der Waals surface area contributed by atoms with Crippen molar-refractivity contribution >= 4 is 49.8 Å². The molecule has 0 atom stereocenters. The van der Waals surface area contributed by atoms with E-state index in [2.05, 4.69) is 5.32 Å². The van der Waals surface area contributed by atoms with Crippen molar-refractivity contribution in [3.63, 3.8) is 0 Å². The van der Waals surface area contributed by atoms with E-state index in [1.54, 1.807) is 36.5 Å². The van der Waals surface area contributed by atoms with Gasteiger partial charge in [-0.1, -0.05) is 41.9 Å². The van der Waals surface area contributed by atoms with Gasteiger partial charge in [-0.2, -0.15) is 0 Å². The third-order valence-corrected chi connectivity index (χ3v) is 8.51. The number of aromatic nitrogens is 1. The number of amides is 1. The lowest BCUT2D eigenvalue weighted by Gasteiger charge is -2.09. The lowest BCUT2D eigenvalue weighted by molar-refractivity contribution is 0.0951. The molecular formula is C26H18ClFN2O3S2. The first-order valence-corrected chi connectivity index (χ1v) is 13.2. The maximum atomic E-state index is 13.5. The molecule has 176 valence electrons. The number of nitrogens with one attached hydrogen (secondary N) is 1. The van der Waals surface area contributed by atoms with Gasteiger partial charge in [0.25, 0.3) is 15.9 Å². The van der Waals surface area contributed by atoms with Gasteiger partial charge in [-0.3, -0.25) is 4.79 Å². The number of hydrogen-bond donors (Lipinski definition) is 1. The van der Waals surface area contributed by atoms with Crippen LogP contribution in [0.15, 0.2) is 96.0 Å². The number of fused-ring (bicyclic) bond motifs is 1. The van der Waals surface area contributed by atoms with Crippen molar-refractivity contribution in [2.45, 2.75) is 11.4 Å². The van der Waals surface area contributed by atoms with Crippen LogP contribution in [-0.4, -0.2) is 18.3 Å². The standard InChI is InChI=1S/C26H18ClFN2O3S2/c27-25-14-13-24(34-25)22-16-30(23-4-2-1-3-21(22)23)35(32,33)20-11-7-18(8-12-20)26(31)29-15-17-5-9-19(28)10-6-17/h1-14,16H,15H2,(H,29,31). The van der Waals surface area contributed by atoms with E-state index in [0.717, 1.165) is 21.4 Å². The van der Waals surface area contributed by atoms with Crippen molar-refractivity contribution in [1.82, 2.24) is 9.29 Å². The van der Waals surface area contributed by atoms with Crippen molar-refractivity contribution in [3.05, 3.63) is 112 Å². The van der Waals surface area contributed by atoms with Crippen LogP contribution in [0.2, 0.25) is 4.34 Å². The Bertz CT molecular complexity index is 1640. The molecule has 5 rings (SSSR count). The van der Waals surface area contributed by atoms with Crippen LogP contribution >= 0.6 is 22.9 Å². The van der Waals surface area contributed by atoms with E-state index in [1.807, 2.05) is 18.2 Å². The Hall–Kier alpha value is -3.46. The second kappa shape index (κ2) is 9.30. The summed E-state index contributed by atoms with van der Waals surface area (Å²) in [7, 11) is -3.93. The van der Waals surface area contributed by atoms with Crippen molar-refractivity contribution in [1.29, 1.82) is 0 Å². The Labute approximate surface area is 210 Å². The Balaban J connectivity index is 1.42. The van der Waals surface area contributed by atoms with Crippen LogP contribution in [0.3, 0.4) is 0 Å². The molecule has 0 saturated heterocycles. The maximum absolute atomic E-state index is 13.5. The lowest BCUT2D eigenvalue weighted by atomic mass is 10.1. The molecule has 1 amide bonds. The fourth-order valence-electron chi connectivity index (χ4n) is 3.78. The number of halogens is 2. The zero-order valence-corrected chi connectivity index (χ0v) is 20.5. The summed E-state index contributed by atoms with van der Waals surface area (Å²) in [5, 5.41) is 3.54. The predicted molar refractivity (Wildman–Crippen MR) is 137 cm³/mol. The molecule has 0 saturated carbocycles. The third-order valence-electron chi connectivity index (χ3n) is 5.56. The van der Waals surface area contributed by atoms with E-state index in [1.165, 1.54) is 51.7 Å². The van der Waals surface area contributed by atoms with Gasteiger partial charge in [0.1, 0.15) is 5.82 Å². The average molecular weight is 525 g/mol. The van der Waals surface area contributed by atoms with Crippen LogP contribution in [0.1, 0.15) is 15.9 Å². The largest absolute Gasteiger partial charge is 0.348 e. The molecule has 2 aromatic heterocycles. The summed E-state index contributed by atoms with van der Waals surface area (Å²) in [6, 6.07) is 22.5. The van der Waals surface area contributed by atoms with Crippen LogP contribution in [0.5, 0.6) is 0 Å². The highest BCUT2D eigenvalue weighted by molar-refractivity contribution is 7.90. The molecule has 0 aliphatic rings. The SMILES string of the molecule is O=C(NCc1ccc(F)cc1)c1ccc(S(=O)(=O)n2cc(-c3ccc(Cl)s3)c3ccccc32)cc1. The highest BCUT2D eigenvalue weighted by Crippen LogP contribution is 2.37. The van der Waals surface area contributed by atoms with Crippen molar-refractivity contribution in [2.75, 3.05) is 0 Å². The zero-order chi connectivity index (χ0) is 24.6. The monoisotopic (exact) mass is 524 g/mol. The third kappa shape index (κ3) is 4.60. The highest BCUT2D eigenvalue weighted by atomic mass is 35.5. The minimum Gasteiger partial charge on any atom is -0.348 e. The molecule has 5 nitrogen and oxygen atoms in total. The summed E-state index contributed by atoms with van der Waals surface area (Å²) in [5.74, 6) is -0.708. The van der Waals surface area contributed by atoms with Crippen LogP contribution in [0.25, 0.3) is 21.3 Å². The van der Waals surface area contributed by atoms with Gasteiger partial charge in [0.05, 0.1) is 14.7 Å². The Morgan fingerprint density at radius 1 is 0.943 bits per heavy atom. The molecule has 9 heteroatoms. The molecule has 0 bridgehead atoms. The van der Waals surface area contributed by atoms with Gasteiger partial charge in [-0.25, -0.2) is 16.8 Å². The molecule has 1 N–H and O–H groups in total. The van der Waals surface area contributed by atoms with Crippen LogP contribution < -0.4 is 5.32 Å². The molecule has 2 heterocycles. The smallest absolute Gasteiger partial charge is 0.268 e. The first-order valence-electron chi connectivity index (χ1n) is 10.6. The molecule has 0 spiro atoms. The van der Waals surface area contributed by atoms with E-state index in [-0.39, 0.29) is 23.2 Å². The predicted octanol–water partition coefficient (Wildman–Crippen LogP) is 6.33. The summed E-state index contributed by atoms with van der Waals surface area (Å²) in [5.41, 5.74) is 2.39. The quantitative estimate of drug-likeness (QED) is 0.282. The molecule has 0 fully saturated rings. The number of nitrogens with zero attached hydrogens (tertiary/aromatic N) is 1. The Morgan fingerprint density at radius 3 is 2.34 bits per heavy atom. The summed E-state index contributed by atoms with van der Waals surface area (Å²) < 4.78 is 42.0. The van der Waals surface area contributed by atoms with Crippen LogP contribution in [0.4, 0.5) is 4.39 Å². The molecule has 0 aliphatic heterocycles. The van der Waals surface area contributed by atoms with E-state index in [0.29, 0.717) is 15.4 Å². The van der Waals surface area contributed by atoms with Gasteiger partial charge < -0.3 is 5.32 Å². The minimum atomic E-state index is -3.93. The summed E-state index contributed by atoms with van der Waals surface area (Å²) >= 11 is 7.48. The lowest BCUT2D eigenvalue weighted by Crippen LogP contribution is -2.22.